The van der Waals surface area contributed by atoms with Crippen LogP contribution >= 0.6 is 0 Å². The van der Waals surface area contributed by atoms with Crippen LogP contribution in [-0.2, 0) is 12.8 Å². The normalized spacial score (nSPS) is 10.4. The first-order valence-electron chi connectivity index (χ1n) is 5.58. The molecular formula is C14H14O4. The fourth-order valence-electron chi connectivity index (χ4n) is 1.82. The summed E-state index contributed by atoms with van der Waals surface area (Å²) in [6.07, 6.45) is 1.06. The van der Waals surface area contributed by atoms with Crippen molar-refractivity contribution in [2.24, 2.45) is 0 Å². The number of benzene rings is 2. The smallest absolute Gasteiger partial charge is 0.126 e. The number of aromatic hydroxyl groups is 4. The predicted molar refractivity (Wildman–Crippen MR) is 67.0 cm³/mol. The Bertz CT molecular complexity index is 523. The minimum atomic E-state index is -0.168. The second-order valence-corrected chi connectivity index (χ2v) is 4.13. The van der Waals surface area contributed by atoms with Gasteiger partial charge in [-0.05, 0) is 30.5 Å². The van der Waals surface area contributed by atoms with Gasteiger partial charge in [-0.15, -0.1) is 0 Å². The van der Waals surface area contributed by atoms with Gasteiger partial charge in [0.2, 0.25) is 0 Å². The fraction of sp³-hybridized carbons (Fsp3) is 0.143. The Labute approximate surface area is 104 Å². The molecule has 0 atom stereocenters. The van der Waals surface area contributed by atoms with Crippen molar-refractivity contribution in [2.45, 2.75) is 12.8 Å². The van der Waals surface area contributed by atoms with Gasteiger partial charge in [0, 0.05) is 17.7 Å². The standard InChI is InChI=1S/C14H14O4/c15-10-4-1-9(2-5-10)3-6-12-13(17)7-11(16)8-14(12)18/h1-2,4-5,7-8,15-18H,3,6H2. The Morgan fingerprint density at radius 3 is 1.78 bits per heavy atom. The van der Waals surface area contributed by atoms with E-state index in [1.54, 1.807) is 24.3 Å². The lowest BCUT2D eigenvalue weighted by Gasteiger charge is -2.08. The first kappa shape index (κ1) is 12.1. The molecule has 4 nitrogen and oxygen atoms in total. The number of aryl methyl sites for hydroxylation is 1. The van der Waals surface area contributed by atoms with Gasteiger partial charge in [-0.3, -0.25) is 0 Å². The van der Waals surface area contributed by atoms with Crippen LogP contribution in [0.25, 0.3) is 0 Å². The van der Waals surface area contributed by atoms with E-state index in [1.807, 2.05) is 0 Å². The Balaban J connectivity index is 2.13. The van der Waals surface area contributed by atoms with Crippen molar-refractivity contribution < 1.29 is 20.4 Å². The highest BCUT2D eigenvalue weighted by atomic mass is 16.3. The lowest BCUT2D eigenvalue weighted by Crippen LogP contribution is -1.92. The molecule has 94 valence electrons. The third-order valence-corrected chi connectivity index (χ3v) is 2.79. The number of phenolic OH excluding ortho intramolecular Hbond substituents is 4. The van der Waals surface area contributed by atoms with Crippen LogP contribution in [0.3, 0.4) is 0 Å². The first-order valence-corrected chi connectivity index (χ1v) is 5.58. The number of phenols is 4. The molecule has 0 aromatic heterocycles. The minimum Gasteiger partial charge on any atom is -0.508 e. The van der Waals surface area contributed by atoms with Crippen molar-refractivity contribution in [1.82, 2.24) is 0 Å². The van der Waals surface area contributed by atoms with Gasteiger partial charge < -0.3 is 20.4 Å². The molecule has 0 amide bonds. The van der Waals surface area contributed by atoms with Gasteiger partial charge in [0.1, 0.15) is 23.0 Å². The van der Waals surface area contributed by atoms with Gasteiger partial charge in [0.25, 0.3) is 0 Å². The van der Waals surface area contributed by atoms with Crippen molar-refractivity contribution in [3.8, 4) is 23.0 Å². The van der Waals surface area contributed by atoms with Crippen LogP contribution in [0.15, 0.2) is 36.4 Å². The molecular weight excluding hydrogens is 232 g/mol. The highest BCUT2D eigenvalue weighted by Crippen LogP contribution is 2.32. The summed E-state index contributed by atoms with van der Waals surface area (Å²) in [5, 5.41) is 37.6. The molecule has 0 aliphatic carbocycles. The van der Waals surface area contributed by atoms with E-state index in [0.29, 0.717) is 18.4 Å². The molecule has 0 aliphatic heterocycles. The number of hydrogen-bond acceptors (Lipinski definition) is 4. The maximum atomic E-state index is 9.63. The van der Waals surface area contributed by atoms with Gasteiger partial charge in [-0.1, -0.05) is 12.1 Å². The van der Waals surface area contributed by atoms with Crippen LogP contribution in [0, 0.1) is 0 Å². The second kappa shape index (κ2) is 4.87. The van der Waals surface area contributed by atoms with Crippen LogP contribution < -0.4 is 0 Å². The molecule has 0 heterocycles. The molecule has 2 aromatic rings. The van der Waals surface area contributed by atoms with Crippen molar-refractivity contribution in [3.63, 3.8) is 0 Å². The highest BCUT2D eigenvalue weighted by molar-refractivity contribution is 5.49. The first-order chi connectivity index (χ1) is 8.56. The van der Waals surface area contributed by atoms with Gasteiger partial charge in [0.05, 0.1) is 0 Å². The summed E-state index contributed by atoms with van der Waals surface area (Å²) in [5.41, 5.74) is 1.39. The molecule has 0 bridgehead atoms. The fourth-order valence-corrected chi connectivity index (χ4v) is 1.82. The van der Waals surface area contributed by atoms with Crippen LogP contribution in [0.4, 0.5) is 0 Å². The lowest BCUT2D eigenvalue weighted by molar-refractivity contribution is 0.419. The molecule has 4 N–H and O–H groups in total. The zero-order valence-electron chi connectivity index (χ0n) is 9.67. The predicted octanol–water partition coefficient (Wildman–Crippen LogP) is 2.29. The Hall–Kier alpha value is -2.36. The average Bonchev–Trinajstić information content (AvgIpc) is 2.30. The van der Waals surface area contributed by atoms with E-state index < -0.39 is 0 Å². The molecule has 0 radical (unpaired) electrons. The van der Waals surface area contributed by atoms with E-state index >= 15 is 0 Å². The molecule has 0 unspecified atom stereocenters. The maximum Gasteiger partial charge on any atom is 0.126 e. The summed E-state index contributed by atoms with van der Waals surface area (Å²) in [4.78, 5) is 0. The molecule has 2 aromatic carbocycles. The van der Waals surface area contributed by atoms with E-state index in [0.717, 1.165) is 5.56 Å². The van der Waals surface area contributed by atoms with Gasteiger partial charge in [0.15, 0.2) is 0 Å². The monoisotopic (exact) mass is 246 g/mol. The Morgan fingerprint density at radius 2 is 1.22 bits per heavy atom. The van der Waals surface area contributed by atoms with E-state index in [1.165, 1.54) is 12.1 Å². The van der Waals surface area contributed by atoms with Crippen molar-refractivity contribution >= 4 is 0 Å². The minimum absolute atomic E-state index is 0.119. The van der Waals surface area contributed by atoms with Crippen LogP contribution in [0.1, 0.15) is 11.1 Å². The molecule has 0 saturated carbocycles. The number of rotatable bonds is 3. The SMILES string of the molecule is Oc1ccc(CCc2c(O)cc(O)cc2O)cc1. The van der Waals surface area contributed by atoms with E-state index in [4.69, 9.17) is 5.11 Å². The third kappa shape index (κ3) is 2.66. The summed E-state index contributed by atoms with van der Waals surface area (Å²) in [6.45, 7) is 0. The van der Waals surface area contributed by atoms with Crippen LogP contribution in [0.2, 0.25) is 0 Å². The highest BCUT2D eigenvalue weighted by Gasteiger charge is 2.09. The Morgan fingerprint density at radius 1 is 0.667 bits per heavy atom. The molecule has 0 spiro atoms. The van der Waals surface area contributed by atoms with Crippen molar-refractivity contribution in [1.29, 1.82) is 0 Å². The van der Waals surface area contributed by atoms with E-state index in [2.05, 4.69) is 0 Å². The molecule has 0 aliphatic rings. The quantitative estimate of drug-likeness (QED) is 0.669. The van der Waals surface area contributed by atoms with Crippen molar-refractivity contribution in [2.75, 3.05) is 0 Å². The molecule has 18 heavy (non-hydrogen) atoms. The zero-order valence-corrected chi connectivity index (χ0v) is 9.67. The van der Waals surface area contributed by atoms with Crippen LogP contribution in [0.5, 0.6) is 23.0 Å². The summed E-state index contributed by atoms with van der Waals surface area (Å²) in [6, 6.07) is 9.14. The van der Waals surface area contributed by atoms with Gasteiger partial charge >= 0.3 is 0 Å². The third-order valence-electron chi connectivity index (χ3n) is 2.79. The summed E-state index contributed by atoms with van der Waals surface area (Å²) in [5.74, 6) is -0.204. The van der Waals surface area contributed by atoms with Gasteiger partial charge in [-0.25, -0.2) is 0 Å². The van der Waals surface area contributed by atoms with Gasteiger partial charge in [-0.2, -0.15) is 0 Å². The Kier molecular flexibility index (Phi) is 3.28. The lowest BCUT2D eigenvalue weighted by atomic mass is 10.0. The topological polar surface area (TPSA) is 80.9 Å². The number of hydrogen-bond donors (Lipinski definition) is 4. The summed E-state index contributed by atoms with van der Waals surface area (Å²) >= 11 is 0. The van der Waals surface area contributed by atoms with E-state index in [-0.39, 0.29) is 23.0 Å². The average molecular weight is 246 g/mol. The molecule has 0 saturated heterocycles. The van der Waals surface area contributed by atoms with E-state index in [9.17, 15) is 15.3 Å². The van der Waals surface area contributed by atoms with Crippen molar-refractivity contribution in [3.05, 3.63) is 47.5 Å². The summed E-state index contributed by atoms with van der Waals surface area (Å²) in [7, 11) is 0. The molecule has 2 rings (SSSR count). The zero-order chi connectivity index (χ0) is 13.1. The van der Waals surface area contributed by atoms with Crippen LogP contribution in [-0.4, -0.2) is 20.4 Å². The summed E-state index contributed by atoms with van der Waals surface area (Å²) < 4.78 is 0. The second-order valence-electron chi connectivity index (χ2n) is 4.13. The molecule has 0 fully saturated rings. The molecule has 4 heteroatoms. The maximum absolute atomic E-state index is 9.63. The largest absolute Gasteiger partial charge is 0.508 e.